The number of carboxylic acids is 1. The summed E-state index contributed by atoms with van der Waals surface area (Å²) in [5, 5.41) is 13.2. The summed E-state index contributed by atoms with van der Waals surface area (Å²) in [4.78, 5) is 41.0. The van der Waals surface area contributed by atoms with E-state index in [0.717, 1.165) is 24.9 Å². The molecule has 1 fully saturated rings. The second-order valence-electron chi connectivity index (χ2n) is 11.6. The lowest BCUT2D eigenvalue weighted by Gasteiger charge is -2.34. The summed E-state index contributed by atoms with van der Waals surface area (Å²) in [6, 6.07) is 21.5. The van der Waals surface area contributed by atoms with Crippen LogP contribution in [0, 0.1) is 0 Å². The van der Waals surface area contributed by atoms with E-state index in [4.69, 9.17) is 17.5 Å². The lowest BCUT2D eigenvalue weighted by atomic mass is 9.80. The number of carbonyl (C=O) groups is 3. The van der Waals surface area contributed by atoms with Gasteiger partial charge in [-0.3, -0.25) is 13.7 Å². The minimum atomic E-state index is -1.58. The molecule has 2 aliphatic carbocycles. The predicted molar refractivity (Wildman–Crippen MR) is 157 cm³/mol. The summed E-state index contributed by atoms with van der Waals surface area (Å²) in [5.41, 5.74) is 8.96. The van der Waals surface area contributed by atoms with E-state index < -0.39 is 29.2 Å². The summed E-state index contributed by atoms with van der Waals surface area (Å²) in [6.07, 6.45) is 2.63. The number of aromatic nitrogens is 1. The number of amides is 2. The van der Waals surface area contributed by atoms with Crippen LogP contribution >= 0.6 is 11.8 Å². The van der Waals surface area contributed by atoms with Gasteiger partial charge in [-0.25, -0.2) is 4.79 Å². The number of primary amides is 1. The molecule has 0 spiro atoms. The highest BCUT2D eigenvalue weighted by Crippen LogP contribution is 2.50. The number of fused-ring (bicyclic) bond motifs is 2. The van der Waals surface area contributed by atoms with Gasteiger partial charge in [0, 0.05) is 46.3 Å². The highest BCUT2D eigenvalue weighted by atomic mass is 35.5. The van der Waals surface area contributed by atoms with Crippen LogP contribution in [-0.4, -0.2) is 52.5 Å². The highest BCUT2D eigenvalue weighted by Gasteiger charge is 2.54. The zero-order valence-electron chi connectivity index (χ0n) is 22.9. The molecule has 2 amide bonds. The Kier molecular flexibility index (Phi) is 6.43. The van der Waals surface area contributed by atoms with Crippen molar-refractivity contribution in [2.75, 3.05) is 20.6 Å². The van der Waals surface area contributed by atoms with Crippen molar-refractivity contribution in [3.8, 4) is 0 Å². The van der Waals surface area contributed by atoms with Crippen molar-refractivity contribution in [2.45, 2.75) is 36.1 Å². The topological polar surface area (TPSA) is 118 Å². The molecule has 1 aromatic heterocycles. The van der Waals surface area contributed by atoms with Gasteiger partial charge in [0.15, 0.2) is 5.54 Å². The Labute approximate surface area is 242 Å². The second-order valence-corrected chi connectivity index (χ2v) is 11.9. The maximum Gasteiger partial charge on any atom is 0.335 e. The smallest absolute Gasteiger partial charge is 0.335 e. The molecule has 6 rings (SSSR count). The first-order chi connectivity index (χ1) is 19.6. The van der Waals surface area contributed by atoms with E-state index in [1.807, 2.05) is 42.5 Å². The van der Waals surface area contributed by atoms with Crippen LogP contribution in [0.25, 0.3) is 10.9 Å². The largest absolute Gasteiger partial charge is 0.478 e. The van der Waals surface area contributed by atoms with Gasteiger partial charge < -0.3 is 21.1 Å². The van der Waals surface area contributed by atoms with Gasteiger partial charge in [-0.05, 0) is 80.4 Å². The molecule has 2 atom stereocenters. The lowest BCUT2D eigenvalue weighted by molar-refractivity contribution is -0.125. The van der Waals surface area contributed by atoms with Crippen LogP contribution in [-0.2, 0) is 22.2 Å². The molecule has 2 unspecified atom stereocenters. The molecule has 3 aromatic carbocycles. The second kappa shape index (κ2) is 9.75. The number of aromatic carboxylic acids is 1. The Balaban J connectivity index is 1.40. The zero-order chi connectivity index (χ0) is 29.1. The minimum absolute atomic E-state index is 0.0928. The number of nitrogens with one attached hydrogen (secondary N) is 1. The molecule has 0 radical (unpaired) electrons. The average molecular weight is 571 g/mol. The van der Waals surface area contributed by atoms with Gasteiger partial charge in [0.2, 0.25) is 5.91 Å². The van der Waals surface area contributed by atoms with Crippen LogP contribution < -0.4 is 11.1 Å². The van der Waals surface area contributed by atoms with Crippen LogP contribution in [0.4, 0.5) is 0 Å². The molecule has 41 heavy (non-hydrogen) atoms. The maximum atomic E-state index is 13.8. The number of benzene rings is 3. The van der Waals surface area contributed by atoms with E-state index in [1.165, 1.54) is 21.8 Å². The number of hydrogen-bond acceptors (Lipinski definition) is 4. The number of hydrogen-bond donors (Lipinski definition) is 3. The van der Waals surface area contributed by atoms with E-state index in [2.05, 4.69) is 24.3 Å². The number of halogens is 1. The first-order valence-corrected chi connectivity index (χ1v) is 13.9. The van der Waals surface area contributed by atoms with E-state index >= 15 is 0 Å². The van der Waals surface area contributed by atoms with Gasteiger partial charge in [0.05, 0.1) is 11.1 Å². The van der Waals surface area contributed by atoms with Gasteiger partial charge in [-0.15, -0.1) is 0 Å². The number of carboxylic acid groups (broad SMARTS) is 1. The number of nitrogens with two attached hydrogens (primary N) is 1. The predicted octanol–water partition coefficient (Wildman–Crippen LogP) is 4.39. The zero-order valence-corrected chi connectivity index (χ0v) is 23.6. The van der Waals surface area contributed by atoms with Gasteiger partial charge in [0.25, 0.3) is 5.91 Å². The Morgan fingerprint density at radius 2 is 1.71 bits per heavy atom. The normalized spacial score (nSPS) is 20.6. The summed E-state index contributed by atoms with van der Waals surface area (Å²) in [7, 11) is 4.12. The third-order valence-electron chi connectivity index (χ3n) is 8.70. The van der Waals surface area contributed by atoms with Crippen LogP contribution in [0.5, 0.6) is 0 Å². The quantitative estimate of drug-likeness (QED) is 0.290. The Bertz CT molecular complexity index is 1710. The fourth-order valence-electron chi connectivity index (χ4n) is 6.57. The van der Waals surface area contributed by atoms with E-state index in [-0.39, 0.29) is 11.0 Å². The summed E-state index contributed by atoms with van der Waals surface area (Å²) >= 11 is 6.80. The van der Waals surface area contributed by atoms with Crippen LogP contribution in [0.2, 0.25) is 0 Å². The molecule has 0 saturated heterocycles. The van der Waals surface area contributed by atoms with Crippen molar-refractivity contribution in [3.05, 3.63) is 106 Å². The average Bonchev–Trinajstić information content (AvgIpc) is 3.54. The molecule has 0 bridgehead atoms. The third-order valence-corrected chi connectivity index (χ3v) is 9.07. The van der Waals surface area contributed by atoms with Gasteiger partial charge >= 0.3 is 5.97 Å². The molecule has 210 valence electrons. The molecule has 0 aliphatic heterocycles. The van der Waals surface area contributed by atoms with Crippen molar-refractivity contribution >= 4 is 40.5 Å². The van der Waals surface area contributed by atoms with E-state index in [0.29, 0.717) is 34.1 Å². The number of carbonyl (C=O) groups excluding carboxylic acids is 2. The molecule has 4 N–H and O–H groups in total. The van der Waals surface area contributed by atoms with Gasteiger partial charge in [0.1, 0.15) is 0 Å². The number of rotatable bonds is 8. The first kappa shape index (κ1) is 27.1. The Morgan fingerprint density at radius 1 is 1.02 bits per heavy atom. The highest BCUT2D eigenvalue weighted by molar-refractivity contribution is 6.20. The van der Waals surface area contributed by atoms with Crippen LogP contribution in [0.1, 0.15) is 61.9 Å². The molecular formula is C32H31ClN4O4. The first-order valence-electron chi connectivity index (χ1n) is 13.6. The standard InChI is InChI=1S/C32H31ClN4O4/c1-36(2)18-31(13-14-31)23-11-9-19(10-12-23)28(38)35-32(30(34)41)24-6-4-3-5-20(24)15-25(32)27-16-21-7-8-22(29(39)40)17-26(21)37(27)33/h3-12,16-17,25H,13-15,18H2,1-2H3,(H2,34,41)(H,35,38)(H,39,40). The van der Waals surface area contributed by atoms with Gasteiger partial charge in [-0.2, -0.15) is 0 Å². The molecular weight excluding hydrogens is 540 g/mol. The van der Waals surface area contributed by atoms with Crippen LogP contribution in [0.15, 0.2) is 72.8 Å². The van der Waals surface area contributed by atoms with Crippen molar-refractivity contribution in [1.82, 2.24) is 14.3 Å². The molecule has 4 aromatic rings. The molecule has 1 saturated carbocycles. The number of nitrogens with zero attached hydrogens (tertiary/aromatic N) is 2. The summed E-state index contributed by atoms with van der Waals surface area (Å²) in [6.45, 7) is 0.947. The molecule has 8 nitrogen and oxygen atoms in total. The summed E-state index contributed by atoms with van der Waals surface area (Å²) < 4.78 is 1.37. The summed E-state index contributed by atoms with van der Waals surface area (Å²) in [5.74, 6) is -2.82. The van der Waals surface area contributed by atoms with Crippen molar-refractivity contribution in [3.63, 3.8) is 0 Å². The Hall–Kier alpha value is -4.14. The van der Waals surface area contributed by atoms with Crippen LogP contribution in [0.3, 0.4) is 0 Å². The fourth-order valence-corrected chi connectivity index (χ4v) is 6.89. The van der Waals surface area contributed by atoms with Crippen molar-refractivity contribution < 1.29 is 19.5 Å². The van der Waals surface area contributed by atoms with E-state index in [9.17, 15) is 19.5 Å². The van der Waals surface area contributed by atoms with Crippen molar-refractivity contribution in [2.24, 2.45) is 5.73 Å². The van der Waals surface area contributed by atoms with Crippen molar-refractivity contribution in [1.29, 1.82) is 0 Å². The monoisotopic (exact) mass is 570 g/mol. The minimum Gasteiger partial charge on any atom is -0.478 e. The number of likely N-dealkylation sites (N-methyl/N-ethyl adjacent to an activating group) is 1. The van der Waals surface area contributed by atoms with Gasteiger partial charge in [-0.1, -0.05) is 42.5 Å². The van der Waals surface area contributed by atoms with E-state index in [1.54, 1.807) is 18.2 Å². The molecule has 2 aliphatic rings. The SMILES string of the molecule is CN(C)CC1(c2ccc(C(=O)NC3(C(N)=O)c4ccccc4CC3c3cc4ccc(C(=O)O)cc4n3Cl)cc2)CC1. The molecule has 9 heteroatoms. The maximum absolute atomic E-state index is 13.8. The fraction of sp³-hybridized carbons (Fsp3) is 0.281. The Morgan fingerprint density at radius 3 is 2.34 bits per heavy atom. The lowest BCUT2D eigenvalue weighted by Crippen LogP contribution is -2.57. The third kappa shape index (κ3) is 4.38. The molecule has 1 heterocycles.